The number of hydrogen-bond donors (Lipinski definition) is 1. The van der Waals surface area contributed by atoms with Crippen molar-refractivity contribution in [2.45, 2.75) is 45.1 Å². The summed E-state index contributed by atoms with van der Waals surface area (Å²) in [5.41, 5.74) is 2.15. The molecule has 5 heteroatoms. The van der Waals surface area contributed by atoms with Crippen LogP contribution in [-0.4, -0.2) is 49.4 Å². The maximum absolute atomic E-state index is 12.4. The van der Waals surface area contributed by atoms with Crippen LogP contribution in [0.25, 0.3) is 0 Å². The molecule has 1 aromatic carbocycles. The quantitative estimate of drug-likeness (QED) is 0.861. The van der Waals surface area contributed by atoms with Gasteiger partial charge in [0.25, 0.3) is 0 Å². The van der Waals surface area contributed by atoms with Gasteiger partial charge < -0.3 is 15.1 Å². The Morgan fingerprint density at radius 3 is 2.68 bits per heavy atom. The molecule has 5 nitrogen and oxygen atoms in total. The van der Waals surface area contributed by atoms with Gasteiger partial charge in [-0.3, -0.25) is 9.59 Å². The molecular formula is C20H29N3O2. The van der Waals surface area contributed by atoms with Gasteiger partial charge in [-0.2, -0.15) is 0 Å². The first-order valence-electron chi connectivity index (χ1n) is 9.45. The van der Waals surface area contributed by atoms with E-state index in [0.717, 1.165) is 25.1 Å². The van der Waals surface area contributed by atoms with Crippen LogP contribution in [-0.2, 0) is 16.0 Å². The van der Waals surface area contributed by atoms with Crippen molar-refractivity contribution in [3.63, 3.8) is 0 Å². The highest BCUT2D eigenvalue weighted by Gasteiger charge is 2.35. The number of nitrogens with zero attached hydrogens (tertiary/aromatic N) is 2. The molecule has 2 amide bonds. The second-order valence-corrected chi connectivity index (χ2v) is 7.28. The van der Waals surface area contributed by atoms with Gasteiger partial charge in [0.05, 0.1) is 5.92 Å². The molecule has 136 valence electrons. The molecule has 1 N–H and O–H groups in total. The van der Waals surface area contributed by atoms with Crippen molar-refractivity contribution in [3.8, 4) is 0 Å². The molecule has 0 saturated carbocycles. The van der Waals surface area contributed by atoms with Crippen LogP contribution in [0.4, 0.5) is 5.69 Å². The molecule has 1 aromatic rings. The Hall–Kier alpha value is -1.88. The minimum Gasteiger partial charge on any atom is -0.356 e. The predicted molar refractivity (Wildman–Crippen MR) is 99.6 cm³/mol. The number of benzene rings is 1. The second kappa shape index (κ2) is 8.00. The van der Waals surface area contributed by atoms with Crippen molar-refractivity contribution >= 4 is 17.5 Å². The van der Waals surface area contributed by atoms with E-state index in [2.05, 4.69) is 24.2 Å². The Bertz CT molecular complexity index is 614. The summed E-state index contributed by atoms with van der Waals surface area (Å²) in [5, 5.41) is 3.04. The average Bonchev–Trinajstić information content (AvgIpc) is 3.21. The Balaban J connectivity index is 1.50. The van der Waals surface area contributed by atoms with Gasteiger partial charge in [-0.15, -0.1) is 0 Å². The molecule has 2 aliphatic heterocycles. The molecule has 0 spiro atoms. The number of carbonyl (C=O) groups is 2. The molecule has 2 atom stereocenters. The van der Waals surface area contributed by atoms with E-state index in [1.807, 2.05) is 24.3 Å². The molecule has 25 heavy (non-hydrogen) atoms. The van der Waals surface area contributed by atoms with Crippen LogP contribution in [0.1, 0.15) is 38.2 Å². The number of nitrogens with one attached hydrogen (secondary N) is 1. The van der Waals surface area contributed by atoms with Gasteiger partial charge in [0.15, 0.2) is 0 Å². The van der Waals surface area contributed by atoms with Crippen LogP contribution in [0, 0.1) is 5.92 Å². The normalized spacial score (nSPS) is 24.1. The molecule has 2 aliphatic rings. The first-order valence-corrected chi connectivity index (χ1v) is 9.45. The molecule has 0 aromatic heterocycles. The third-order valence-corrected chi connectivity index (χ3v) is 5.60. The number of carbonyl (C=O) groups excluding carboxylic acids is 2. The number of amides is 2. The zero-order chi connectivity index (χ0) is 17.8. The summed E-state index contributed by atoms with van der Waals surface area (Å²) in [6.07, 6.45) is 4.75. The molecule has 0 aliphatic carbocycles. The first kappa shape index (κ1) is 17.9. The first-order chi connectivity index (χ1) is 12.1. The van der Waals surface area contributed by atoms with Gasteiger partial charge >= 0.3 is 0 Å². The highest BCUT2D eigenvalue weighted by Crippen LogP contribution is 2.25. The molecule has 0 radical (unpaired) electrons. The largest absolute Gasteiger partial charge is 0.356 e. The number of anilines is 1. The molecular weight excluding hydrogens is 314 g/mol. The number of rotatable bonds is 6. The fourth-order valence-electron chi connectivity index (χ4n) is 3.89. The average molecular weight is 343 g/mol. The van der Waals surface area contributed by atoms with Crippen molar-refractivity contribution in [2.75, 3.05) is 31.6 Å². The van der Waals surface area contributed by atoms with E-state index in [4.69, 9.17) is 0 Å². The molecule has 2 unspecified atom stereocenters. The third-order valence-electron chi connectivity index (χ3n) is 5.60. The van der Waals surface area contributed by atoms with E-state index in [9.17, 15) is 9.59 Å². The van der Waals surface area contributed by atoms with E-state index in [-0.39, 0.29) is 17.7 Å². The monoisotopic (exact) mass is 343 g/mol. The van der Waals surface area contributed by atoms with Gasteiger partial charge in [0.1, 0.15) is 0 Å². The van der Waals surface area contributed by atoms with E-state index in [1.165, 1.54) is 18.4 Å². The van der Waals surface area contributed by atoms with Crippen LogP contribution in [0.2, 0.25) is 0 Å². The van der Waals surface area contributed by atoms with Gasteiger partial charge in [0.2, 0.25) is 11.8 Å². The summed E-state index contributed by atoms with van der Waals surface area (Å²) in [4.78, 5) is 28.8. The topological polar surface area (TPSA) is 52.7 Å². The highest BCUT2D eigenvalue weighted by molar-refractivity contribution is 6.00. The van der Waals surface area contributed by atoms with Crippen molar-refractivity contribution in [1.82, 2.24) is 10.2 Å². The minimum absolute atomic E-state index is 0.0154. The highest BCUT2D eigenvalue weighted by atomic mass is 16.2. The maximum Gasteiger partial charge on any atom is 0.227 e. The Morgan fingerprint density at radius 2 is 2.04 bits per heavy atom. The van der Waals surface area contributed by atoms with E-state index >= 15 is 0 Å². The number of hydrogen-bond acceptors (Lipinski definition) is 3. The lowest BCUT2D eigenvalue weighted by Gasteiger charge is -2.20. The van der Waals surface area contributed by atoms with Crippen LogP contribution >= 0.6 is 0 Å². The van der Waals surface area contributed by atoms with Gasteiger partial charge in [0, 0.05) is 31.2 Å². The van der Waals surface area contributed by atoms with Crippen molar-refractivity contribution in [3.05, 3.63) is 29.8 Å². The lowest BCUT2D eigenvalue weighted by molar-refractivity contribution is -0.126. The van der Waals surface area contributed by atoms with Crippen LogP contribution < -0.4 is 10.2 Å². The lowest BCUT2D eigenvalue weighted by Crippen LogP contribution is -2.36. The predicted octanol–water partition coefficient (Wildman–Crippen LogP) is 2.20. The van der Waals surface area contributed by atoms with E-state index in [0.29, 0.717) is 25.6 Å². The SMILES string of the molecule is CCc1ccc(N2CC(C(=O)NCCC3CCCN3C)CC2=O)cc1. The van der Waals surface area contributed by atoms with Gasteiger partial charge in [-0.05, 0) is 57.0 Å². The summed E-state index contributed by atoms with van der Waals surface area (Å²) in [5.74, 6) is -0.179. The van der Waals surface area contributed by atoms with Crippen LogP contribution in [0.15, 0.2) is 24.3 Å². The molecule has 2 saturated heterocycles. The summed E-state index contributed by atoms with van der Waals surface area (Å²) in [7, 11) is 2.15. The Morgan fingerprint density at radius 1 is 1.28 bits per heavy atom. The summed E-state index contributed by atoms with van der Waals surface area (Å²) in [6, 6.07) is 8.64. The van der Waals surface area contributed by atoms with E-state index in [1.54, 1.807) is 4.90 Å². The Kier molecular flexibility index (Phi) is 5.74. The Labute approximate surface area is 150 Å². The van der Waals surface area contributed by atoms with Crippen molar-refractivity contribution in [1.29, 1.82) is 0 Å². The van der Waals surface area contributed by atoms with Gasteiger partial charge in [-0.1, -0.05) is 19.1 Å². The smallest absolute Gasteiger partial charge is 0.227 e. The zero-order valence-electron chi connectivity index (χ0n) is 15.3. The van der Waals surface area contributed by atoms with Gasteiger partial charge in [-0.25, -0.2) is 0 Å². The molecule has 2 fully saturated rings. The molecule has 2 heterocycles. The molecule has 0 bridgehead atoms. The van der Waals surface area contributed by atoms with Crippen molar-refractivity contribution in [2.24, 2.45) is 5.92 Å². The standard InChI is InChI=1S/C20H29N3O2/c1-3-15-6-8-18(9-7-15)23-14-16(13-19(23)24)20(25)21-11-10-17-5-4-12-22(17)2/h6-9,16-17H,3-5,10-14H2,1-2H3,(H,21,25). The fraction of sp³-hybridized carbons (Fsp3) is 0.600. The van der Waals surface area contributed by atoms with Crippen LogP contribution in [0.5, 0.6) is 0 Å². The fourth-order valence-corrected chi connectivity index (χ4v) is 3.89. The van der Waals surface area contributed by atoms with Crippen molar-refractivity contribution < 1.29 is 9.59 Å². The number of likely N-dealkylation sites (tertiary alicyclic amines) is 1. The maximum atomic E-state index is 12.4. The second-order valence-electron chi connectivity index (χ2n) is 7.28. The van der Waals surface area contributed by atoms with E-state index < -0.39 is 0 Å². The summed E-state index contributed by atoms with van der Waals surface area (Å²) >= 11 is 0. The summed E-state index contributed by atoms with van der Waals surface area (Å²) < 4.78 is 0. The zero-order valence-corrected chi connectivity index (χ0v) is 15.3. The summed E-state index contributed by atoms with van der Waals surface area (Å²) in [6.45, 7) is 4.45. The minimum atomic E-state index is -0.236. The van der Waals surface area contributed by atoms with Crippen LogP contribution in [0.3, 0.4) is 0 Å². The lowest BCUT2D eigenvalue weighted by atomic mass is 10.1. The third kappa shape index (κ3) is 4.21. The molecule has 3 rings (SSSR count). The number of aryl methyl sites for hydroxylation is 1.